The number of rotatable bonds is 7. The monoisotopic (exact) mass is 531 g/mol. The van der Waals surface area contributed by atoms with Crippen LogP contribution in [-0.2, 0) is 24.9 Å². The van der Waals surface area contributed by atoms with E-state index in [1.165, 1.54) is 0 Å². The molecule has 1 amide bonds. The largest absolute Gasteiger partial charge is 0.387 e. The molecule has 0 radical (unpaired) electrons. The maximum Gasteiger partial charge on any atom is 0.257 e. The van der Waals surface area contributed by atoms with Crippen molar-refractivity contribution in [2.45, 2.75) is 39.1 Å². The van der Waals surface area contributed by atoms with Crippen LogP contribution in [0, 0.1) is 13.8 Å². The van der Waals surface area contributed by atoms with E-state index in [2.05, 4.69) is 10.2 Å². The first kappa shape index (κ1) is 26.3. The average molecular weight is 532 g/mol. The number of nitrogens with zero attached hydrogens (tertiary/aromatic N) is 2. The molecule has 0 saturated carbocycles. The van der Waals surface area contributed by atoms with Crippen LogP contribution >= 0.6 is 11.3 Å². The van der Waals surface area contributed by atoms with E-state index in [4.69, 9.17) is 4.74 Å². The number of aryl methyl sites for hydroxylation is 3. The topological polar surface area (TPSA) is 83.8 Å². The van der Waals surface area contributed by atoms with E-state index in [1.54, 1.807) is 17.5 Å². The van der Waals surface area contributed by atoms with Crippen LogP contribution in [0.25, 0.3) is 10.2 Å². The summed E-state index contributed by atoms with van der Waals surface area (Å²) < 4.78 is 7.60. The molecule has 0 bridgehead atoms. The van der Waals surface area contributed by atoms with Gasteiger partial charge in [-0.25, -0.2) is 0 Å². The minimum absolute atomic E-state index is 0.142. The maximum atomic E-state index is 13.5. The van der Waals surface area contributed by atoms with E-state index in [0.717, 1.165) is 32.0 Å². The van der Waals surface area contributed by atoms with Crippen molar-refractivity contribution >= 4 is 27.5 Å². The third-order valence-electron chi connectivity index (χ3n) is 7.29. The van der Waals surface area contributed by atoms with Gasteiger partial charge in [0, 0.05) is 37.8 Å². The van der Waals surface area contributed by atoms with Crippen LogP contribution in [0.3, 0.4) is 0 Å². The average Bonchev–Trinajstić information content (AvgIpc) is 3.27. The van der Waals surface area contributed by atoms with E-state index in [9.17, 15) is 14.7 Å². The van der Waals surface area contributed by atoms with Crippen LogP contribution in [0.15, 0.2) is 65.6 Å². The highest BCUT2D eigenvalue weighted by atomic mass is 32.1. The highest BCUT2D eigenvalue weighted by Crippen LogP contribution is 2.32. The van der Waals surface area contributed by atoms with Crippen molar-refractivity contribution < 1.29 is 14.6 Å². The number of ether oxygens (including phenoxy) is 1. The summed E-state index contributed by atoms with van der Waals surface area (Å²) in [7, 11) is 1.87. The van der Waals surface area contributed by atoms with Crippen LogP contribution in [-0.4, -0.2) is 46.3 Å². The lowest BCUT2D eigenvalue weighted by atomic mass is 10.00. The van der Waals surface area contributed by atoms with Gasteiger partial charge in [-0.1, -0.05) is 60.2 Å². The molecule has 3 heterocycles. The maximum absolute atomic E-state index is 13.5. The molecule has 1 aliphatic heterocycles. The van der Waals surface area contributed by atoms with Crippen molar-refractivity contribution in [1.82, 2.24) is 14.8 Å². The number of carbonyl (C=O) groups is 1. The van der Waals surface area contributed by atoms with E-state index in [0.29, 0.717) is 38.2 Å². The standard InChI is InChI=1S/C30H33N3O4S/c1-19-9-11-21(12-10-19)15-31-29(36)23-16-32(3)30-26(28(23)35)20(2)25(38-30)17-33-13-14-37-18-24(33)27(34)22-7-5-4-6-8-22/h4-12,16,24,27,34H,13-15,17-18H2,1-3H3,(H,31,36)/t24-,27+/m1/s1. The number of amides is 1. The molecule has 2 aromatic heterocycles. The van der Waals surface area contributed by atoms with Crippen LogP contribution in [0.5, 0.6) is 0 Å². The Morgan fingerprint density at radius 3 is 2.63 bits per heavy atom. The zero-order valence-corrected chi connectivity index (χ0v) is 22.8. The molecule has 2 N–H and O–H groups in total. The number of aliphatic hydroxyl groups excluding tert-OH is 1. The van der Waals surface area contributed by atoms with Crippen molar-refractivity contribution in [3.63, 3.8) is 0 Å². The summed E-state index contributed by atoms with van der Waals surface area (Å²) in [5, 5.41) is 14.6. The Morgan fingerprint density at radius 2 is 1.89 bits per heavy atom. The number of pyridine rings is 1. The number of hydrogen-bond donors (Lipinski definition) is 2. The second-order valence-electron chi connectivity index (χ2n) is 9.95. The number of fused-ring (bicyclic) bond motifs is 1. The Balaban J connectivity index is 1.40. The van der Waals surface area contributed by atoms with Gasteiger partial charge in [0.15, 0.2) is 0 Å². The van der Waals surface area contributed by atoms with Crippen LogP contribution in [0.4, 0.5) is 0 Å². The lowest BCUT2D eigenvalue weighted by molar-refractivity contribution is -0.0629. The van der Waals surface area contributed by atoms with Crippen molar-refractivity contribution in [3.05, 3.63) is 104 Å². The molecule has 7 nitrogen and oxygen atoms in total. The number of hydrogen-bond acceptors (Lipinski definition) is 6. The summed E-state index contributed by atoms with van der Waals surface area (Å²) in [5.41, 5.74) is 3.77. The van der Waals surface area contributed by atoms with Crippen LogP contribution in [0.1, 0.15) is 43.6 Å². The second kappa shape index (κ2) is 11.2. The van der Waals surface area contributed by atoms with Crippen molar-refractivity contribution in [2.24, 2.45) is 7.05 Å². The molecule has 0 aliphatic carbocycles. The minimum atomic E-state index is -0.679. The Morgan fingerprint density at radius 1 is 1.16 bits per heavy atom. The zero-order valence-electron chi connectivity index (χ0n) is 21.9. The van der Waals surface area contributed by atoms with Gasteiger partial charge in [0.2, 0.25) is 5.43 Å². The highest BCUT2D eigenvalue weighted by Gasteiger charge is 2.31. The third-order valence-corrected chi connectivity index (χ3v) is 8.66. The predicted molar refractivity (Wildman–Crippen MR) is 151 cm³/mol. The molecule has 8 heteroatoms. The summed E-state index contributed by atoms with van der Waals surface area (Å²) in [6.07, 6.45) is 0.951. The SMILES string of the molecule is Cc1ccc(CNC(=O)c2cn(C)c3sc(CN4CCOC[C@@H]4[C@@H](O)c4ccccc4)c(C)c3c2=O)cc1. The van der Waals surface area contributed by atoms with Gasteiger partial charge in [-0.3, -0.25) is 14.5 Å². The molecule has 5 rings (SSSR count). The van der Waals surface area contributed by atoms with Gasteiger partial charge in [-0.15, -0.1) is 11.3 Å². The number of benzene rings is 2. The first-order chi connectivity index (χ1) is 18.3. The molecule has 0 unspecified atom stereocenters. The summed E-state index contributed by atoms with van der Waals surface area (Å²) in [4.78, 5) is 30.7. The minimum Gasteiger partial charge on any atom is -0.387 e. The van der Waals surface area contributed by atoms with Gasteiger partial charge < -0.3 is 19.7 Å². The molecule has 0 spiro atoms. The summed E-state index contributed by atoms with van der Waals surface area (Å²) in [6.45, 7) is 6.63. The van der Waals surface area contributed by atoms with E-state index in [1.807, 2.05) is 80.1 Å². The molecule has 1 fully saturated rings. The molecular formula is C30H33N3O4S. The first-order valence-corrected chi connectivity index (χ1v) is 13.6. The normalized spacial score (nSPS) is 17.0. The molecule has 2 atom stereocenters. The van der Waals surface area contributed by atoms with Crippen molar-refractivity contribution in [2.75, 3.05) is 19.8 Å². The Hall–Kier alpha value is -3.30. The molecular weight excluding hydrogens is 498 g/mol. The molecule has 198 valence electrons. The fourth-order valence-corrected chi connectivity index (χ4v) is 6.27. The molecule has 2 aromatic carbocycles. The zero-order chi connectivity index (χ0) is 26.8. The van der Waals surface area contributed by atoms with Crippen LogP contribution in [0.2, 0.25) is 0 Å². The fraction of sp³-hybridized carbons (Fsp3) is 0.333. The predicted octanol–water partition coefficient (Wildman–Crippen LogP) is 4.08. The highest BCUT2D eigenvalue weighted by molar-refractivity contribution is 7.18. The summed E-state index contributed by atoms with van der Waals surface area (Å²) in [6, 6.07) is 17.4. The van der Waals surface area contributed by atoms with Gasteiger partial charge in [-0.05, 0) is 30.5 Å². The Bertz CT molecular complexity index is 1490. The number of aromatic nitrogens is 1. The lowest BCUT2D eigenvalue weighted by Gasteiger charge is -2.38. The molecule has 1 aliphatic rings. The molecule has 38 heavy (non-hydrogen) atoms. The van der Waals surface area contributed by atoms with Gasteiger partial charge in [-0.2, -0.15) is 0 Å². The summed E-state index contributed by atoms with van der Waals surface area (Å²) in [5.74, 6) is -0.376. The fourth-order valence-electron chi connectivity index (χ4n) is 5.00. The number of aliphatic hydroxyl groups is 1. The Kier molecular flexibility index (Phi) is 7.76. The first-order valence-electron chi connectivity index (χ1n) is 12.8. The third kappa shape index (κ3) is 5.31. The van der Waals surface area contributed by atoms with Gasteiger partial charge in [0.05, 0.1) is 30.7 Å². The number of carbonyl (C=O) groups excluding carboxylic acids is 1. The number of morpholine rings is 1. The quantitative estimate of drug-likeness (QED) is 0.376. The van der Waals surface area contributed by atoms with Gasteiger partial charge in [0.25, 0.3) is 5.91 Å². The van der Waals surface area contributed by atoms with E-state index < -0.39 is 6.10 Å². The lowest BCUT2D eigenvalue weighted by Crippen LogP contribution is -2.48. The second-order valence-corrected chi connectivity index (χ2v) is 11.0. The molecule has 1 saturated heterocycles. The van der Waals surface area contributed by atoms with Crippen molar-refractivity contribution in [3.8, 4) is 0 Å². The summed E-state index contributed by atoms with van der Waals surface area (Å²) >= 11 is 1.57. The van der Waals surface area contributed by atoms with Crippen LogP contribution < -0.4 is 10.7 Å². The van der Waals surface area contributed by atoms with E-state index in [-0.39, 0.29) is 22.9 Å². The van der Waals surface area contributed by atoms with Crippen molar-refractivity contribution in [1.29, 1.82) is 0 Å². The molecule has 4 aromatic rings. The Labute approximate surface area is 226 Å². The smallest absolute Gasteiger partial charge is 0.257 e. The number of nitrogens with one attached hydrogen (secondary N) is 1. The van der Waals surface area contributed by atoms with Gasteiger partial charge in [0.1, 0.15) is 10.4 Å². The van der Waals surface area contributed by atoms with Gasteiger partial charge >= 0.3 is 0 Å². The van der Waals surface area contributed by atoms with E-state index >= 15 is 0 Å². The number of thiophene rings is 1.